The lowest BCUT2D eigenvalue weighted by molar-refractivity contribution is -0.144. The Labute approximate surface area is 160 Å². The molecular formula is C19H18F4N2O2S. The quantitative estimate of drug-likeness (QED) is 0.683. The summed E-state index contributed by atoms with van der Waals surface area (Å²) in [6.07, 6.45) is -0.907. The summed E-state index contributed by atoms with van der Waals surface area (Å²) in [4.78, 5) is 0.0563. The van der Waals surface area contributed by atoms with E-state index in [0.29, 0.717) is 5.56 Å². The van der Waals surface area contributed by atoms with E-state index in [4.69, 9.17) is 0 Å². The van der Waals surface area contributed by atoms with Gasteiger partial charge < -0.3 is 0 Å². The molecule has 0 bridgehead atoms. The molecule has 0 N–H and O–H groups in total. The van der Waals surface area contributed by atoms with E-state index < -0.39 is 27.9 Å². The van der Waals surface area contributed by atoms with E-state index in [0.717, 1.165) is 10.9 Å². The molecule has 2 aromatic rings. The highest BCUT2D eigenvalue weighted by atomic mass is 32.2. The first-order valence-corrected chi connectivity index (χ1v) is 10.4. The number of rotatable bonds is 4. The van der Waals surface area contributed by atoms with Crippen LogP contribution in [0.15, 0.2) is 47.4 Å². The van der Waals surface area contributed by atoms with Crippen LogP contribution in [0.4, 0.5) is 17.6 Å². The van der Waals surface area contributed by atoms with E-state index in [1.54, 1.807) is 6.92 Å². The van der Waals surface area contributed by atoms with Gasteiger partial charge in [-0.1, -0.05) is 24.3 Å². The van der Waals surface area contributed by atoms with Crippen LogP contribution < -0.4 is 0 Å². The Bertz CT molecular complexity index is 1050. The predicted molar refractivity (Wildman–Crippen MR) is 98.1 cm³/mol. The summed E-state index contributed by atoms with van der Waals surface area (Å²) in [7, 11) is -3.44. The van der Waals surface area contributed by atoms with Crippen molar-refractivity contribution in [3.05, 3.63) is 53.8 Å². The third-order valence-corrected chi connectivity index (χ3v) is 5.54. The lowest BCUT2D eigenvalue weighted by Crippen LogP contribution is -2.16. The van der Waals surface area contributed by atoms with E-state index >= 15 is 0 Å². The fraction of sp³-hybridized carbons (Fsp3) is 0.316. The van der Waals surface area contributed by atoms with Crippen LogP contribution in [0.25, 0.3) is 16.8 Å². The third-order valence-electron chi connectivity index (χ3n) is 4.41. The minimum atomic E-state index is -4.66. The summed E-state index contributed by atoms with van der Waals surface area (Å²) in [5, 5.41) is 4.13. The Hall–Kier alpha value is -2.42. The predicted octanol–water partition coefficient (Wildman–Crippen LogP) is 4.67. The molecule has 1 aliphatic carbocycles. The molecule has 4 nitrogen and oxygen atoms in total. The maximum atomic E-state index is 13.8. The molecule has 1 unspecified atom stereocenters. The second kappa shape index (κ2) is 7.20. The van der Waals surface area contributed by atoms with Gasteiger partial charge in [0.05, 0.1) is 4.90 Å². The summed E-state index contributed by atoms with van der Waals surface area (Å²) in [5.41, 5.74) is -0.391. The van der Waals surface area contributed by atoms with Crippen LogP contribution in [0, 0.1) is 0 Å². The molecule has 0 amide bonds. The van der Waals surface area contributed by atoms with Crippen molar-refractivity contribution in [1.29, 1.82) is 0 Å². The van der Waals surface area contributed by atoms with Crippen molar-refractivity contribution in [2.75, 3.05) is 6.26 Å². The second-order valence-electron chi connectivity index (χ2n) is 6.45. The summed E-state index contributed by atoms with van der Waals surface area (Å²) in [6.45, 7) is 1.54. The van der Waals surface area contributed by atoms with E-state index in [1.165, 1.54) is 42.5 Å². The Morgan fingerprint density at radius 1 is 1.21 bits per heavy atom. The Morgan fingerprint density at radius 3 is 2.32 bits per heavy atom. The largest absolute Gasteiger partial charge is 0.433 e. The molecule has 150 valence electrons. The van der Waals surface area contributed by atoms with Gasteiger partial charge in [-0.15, -0.1) is 0 Å². The molecule has 0 spiro atoms. The highest BCUT2D eigenvalue weighted by molar-refractivity contribution is 7.90. The van der Waals surface area contributed by atoms with Crippen LogP contribution in [-0.2, 0) is 22.6 Å². The van der Waals surface area contributed by atoms with E-state index in [1.807, 2.05) is 0 Å². The van der Waals surface area contributed by atoms with Crippen molar-refractivity contribution in [3.8, 4) is 11.3 Å². The highest BCUT2D eigenvalue weighted by Crippen LogP contribution is 2.41. The van der Waals surface area contributed by atoms with Gasteiger partial charge >= 0.3 is 6.18 Å². The van der Waals surface area contributed by atoms with Gasteiger partial charge in [-0.3, -0.25) is 4.68 Å². The van der Waals surface area contributed by atoms with Crippen LogP contribution >= 0.6 is 0 Å². The van der Waals surface area contributed by atoms with Crippen LogP contribution in [0.5, 0.6) is 0 Å². The van der Waals surface area contributed by atoms with Crippen molar-refractivity contribution in [2.45, 2.75) is 37.1 Å². The molecule has 28 heavy (non-hydrogen) atoms. The molecule has 0 saturated heterocycles. The zero-order valence-electron chi connectivity index (χ0n) is 15.2. The van der Waals surface area contributed by atoms with E-state index in [-0.39, 0.29) is 34.7 Å². The summed E-state index contributed by atoms with van der Waals surface area (Å²) in [5.74, 6) is 0. The molecule has 1 aliphatic rings. The molecular weight excluding hydrogens is 396 g/mol. The molecule has 1 atom stereocenters. The zero-order valence-corrected chi connectivity index (χ0v) is 16.0. The minimum Gasteiger partial charge on any atom is -0.260 e. The standard InChI is InChI=1S/C19H18F4N2O2S/c1-3-25-18(19(21,22)23)16(12-4-8-14(20)9-5-12)17(24-25)13-6-10-15(11-7-13)28(2,26)27/h4-8,10-11,14H,3,9H2,1-2H3. The summed E-state index contributed by atoms with van der Waals surface area (Å²) < 4.78 is 79.0. The Kier molecular flexibility index (Phi) is 5.22. The number of nitrogens with zero attached hydrogens (tertiary/aromatic N) is 2. The number of allylic oxidation sites excluding steroid dienone is 4. The first kappa shape index (κ1) is 20.3. The van der Waals surface area contributed by atoms with Crippen molar-refractivity contribution in [3.63, 3.8) is 0 Å². The van der Waals surface area contributed by atoms with E-state index in [9.17, 15) is 26.0 Å². The van der Waals surface area contributed by atoms with Gasteiger partial charge in [0.2, 0.25) is 0 Å². The molecule has 1 aromatic carbocycles. The van der Waals surface area contributed by atoms with Crippen molar-refractivity contribution in [1.82, 2.24) is 9.78 Å². The minimum absolute atomic E-state index is 0.00794. The summed E-state index contributed by atoms with van der Waals surface area (Å²) >= 11 is 0. The van der Waals surface area contributed by atoms with Crippen LogP contribution in [0.1, 0.15) is 24.6 Å². The third kappa shape index (κ3) is 3.89. The fourth-order valence-corrected chi connectivity index (χ4v) is 3.72. The fourth-order valence-electron chi connectivity index (χ4n) is 3.09. The first-order chi connectivity index (χ1) is 13.0. The number of sulfone groups is 1. The molecule has 0 aliphatic heterocycles. The van der Waals surface area contributed by atoms with Gasteiger partial charge in [-0.2, -0.15) is 18.3 Å². The number of hydrogen-bond donors (Lipinski definition) is 0. The number of aryl methyl sites for hydroxylation is 1. The number of aromatic nitrogens is 2. The number of halogens is 4. The highest BCUT2D eigenvalue weighted by Gasteiger charge is 2.40. The first-order valence-electron chi connectivity index (χ1n) is 8.53. The SMILES string of the molecule is CCn1nc(-c2ccc(S(C)(=O)=O)cc2)c(C2=CCC(F)C=C2)c1C(F)(F)F. The topological polar surface area (TPSA) is 52.0 Å². The van der Waals surface area contributed by atoms with Gasteiger partial charge in [0.1, 0.15) is 11.9 Å². The van der Waals surface area contributed by atoms with Gasteiger partial charge in [0.25, 0.3) is 0 Å². The van der Waals surface area contributed by atoms with Crippen molar-refractivity contribution >= 4 is 15.4 Å². The lowest BCUT2D eigenvalue weighted by Gasteiger charge is -2.15. The zero-order chi connectivity index (χ0) is 20.7. The lowest BCUT2D eigenvalue weighted by atomic mass is 9.94. The molecule has 3 rings (SSSR count). The Morgan fingerprint density at radius 2 is 1.86 bits per heavy atom. The maximum absolute atomic E-state index is 13.8. The van der Waals surface area contributed by atoms with Crippen LogP contribution in [0.3, 0.4) is 0 Å². The Balaban J connectivity index is 2.24. The van der Waals surface area contributed by atoms with Gasteiger partial charge in [0, 0.05) is 30.3 Å². The van der Waals surface area contributed by atoms with Gasteiger partial charge in [-0.25, -0.2) is 12.8 Å². The monoisotopic (exact) mass is 414 g/mol. The maximum Gasteiger partial charge on any atom is 0.433 e. The van der Waals surface area contributed by atoms with Crippen LogP contribution in [-0.4, -0.2) is 30.6 Å². The summed E-state index contributed by atoms with van der Waals surface area (Å²) in [6, 6.07) is 5.51. The van der Waals surface area contributed by atoms with Gasteiger partial charge in [0.15, 0.2) is 15.5 Å². The molecule has 0 saturated carbocycles. The molecule has 0 fully saturated rings. The van der Waals surface area contributed by atoms with Crippen LogP contribution in [0.2, 0.25) is 0 Å². The second-order valence-corrected chi connectivity index (χ2v) is 8.47. The van der Waals surface area contributed by atoms with Crippen molar-refractivity contribution < 1.29 is 26.0 Å². The normalized spacial score (nSPS) is 17.6. The number of hydrogen-bond acceptors (Lipinski definition) is 3. The number of benzene rings is 1. The van der Waals surface area contributed by atoms with Gasteiger partial charge in [-0.05, 0) is 30.7 Å². The molecule has 1 aromatic heterocycles. The van der Waals surface area contributed by atoms with Crippen molar-refractivity contribution in [2.24, 2.45) is 0 Å². The average Bonchev–Trinajstić information content (AvgIpc) is 3.02. The smallest absolute Gasteiger partial charge is 0.260 e. The molecule has 1 heterocycles. The molecule has 0 radical (unpaired) electrons. The van der Waals surface area contributed by atoms with E-state index in [2.05, 4.69) is 5.10 Å². The average molecular weight is 414 g/mol. The number of alkyl halides is 4. The molecule has 9 heteroatoms.